The van der Waals surface area contributed by atoms with Crippen LogP contribution in [0.5, 0.6) is 5.75 Å². The summed E-state index contributed by atoms with van der Waals surface area (Å²) >= 11 is 0. The highest BCUT2D eigenvalue weighted by atomic mass is 19.1. The smallest absolute Gasteiger partial charge is 0.323 e. The molecule has 4 nitrogen and oxygen atoms in total. The lowest BCUT2D eigenvalue weighted by Gasteiger charge is -2.12. The number of nitrogens with one attached hydrogen (secondary N) is 2. The first-order valence-electron chi connectivity index (χ1n) is 6.06. The van der Waals surface area contributed by atoms with Crippen LogP contribution in [0.4, 0.5) is 20.6 Å². The molecule has 0 aromatic heterocycles. The summed E-state index contributed by atoms with van der Waals surface area (Å²) in [5, 5.41) is 5.23. The van der Waals surface area contributed by atoms with Gasteiger partial charge in [0.05, 0.1) is 12.8 Å². The van der Waals surface area contributed by atoms with E-state index in [1.54, 1.807) is 18.2 Å². The molecule has 0 aliphatic rings. The molecule has 0 saturated heterocycles. The molecule has 0 radical (unpaired) electrons. The Morgan fingerprint density at radius 1 is 1.15 bits per heavy atom. The maximum absolute atomic E-state index is 13.0. The number of ether oxygens (including phenoxy) is 1. The molecule has 20 heavy (non-hydrogen) atoms. The molecule has 2 N–H and O–H groups in total. The number of halogens is 1. The van der Waals surface area contributed by atoms with Crippen LogP contribution < -0.4 is 15.4 Å². The number of carbonyl (C=O) groups is 1. The predicted octanol–water partition coefficient (Wildman–Crippen LogP) is 3.79. The molecule has 0 aliphatic carbocycles. The number of amides is 2. The molecule has 0 unspecified atom stereocenters. The number of methoxy groups -OCH3 is 1. The number of urea groups is 1. The first kappa shape index (κ1) is 13.9. The van der Waals surface area contributed by atoms with Crippen LogP contribution in [0.3, 0.4) is 0 Å². The minimum atomic E-state index is -0.459. The van der Waals surface area contributed by atoms with Crippen molar-refractivity contribution in [2.24, 2.45) is 0 Å². The SMILES string of the molecule is COc1ccc(C)cc1NC(=O)Nc1cccc(F)c1. The second-order valence-electron chi connectivity index (χ2n) is 4.29. The Balaban J connectivity index is 2.10. The Morgan fingerprint density at radius 2 is 1.95 bits per heavy atom. The highest BCUT2D eigenvalue weighted by molar-refractivity contribution is 6.00. The summed E-state index contributed by atoms with van der Waals surface area (Å²) < 4.78 is 18.2. The number of hydrogen-bond acceptors (Lipinski definition) is 2. The molecule has 2 rings (SSSR count). The average Bonchev–Trinajstić information content (AvgIpc) is 2.38. The summed E-state index contributed by atoms with van der Waals surface area (Å²) in [6.45, 7) is 1.91. The maximum atomic E-state index is 13.0. The van der Waals surface area contributed by atoms with Gasteiger partial charge >= 0.3 is 6.03 Å². The van der Waals surface area contributed by atoms with E-state index in [1.807, 2.05) is 13.0 Å². The standard InChI is InChI=1S/C15H15FN2O2/c1-10-6-7-14(20-2)13(8-10)18-15(19)17-12-5-3-4-11(16)9-12/h3-9H,1-2H3,(H2,17,18,19). The van der Waals surface area contributed by atoms with Gasteiger partial charge in [0.25, 0.3) is 0 Å². The third kappa shape index (κ3) is 3.47. The highest BCUT2D eigenvalue weighted by Gasteiger charge is 2.08. The Morgan fingerprint density at radius 3 is 2.65 bits per heavy atom. The zero-order valence-corrected chi connectivity index (χ0v) is 11.2. The Hall–Kier alpha value is -2.56. The van der Waals surface area contributed by atoms with Gasteiger partial charge in [0.15, 0.2) is 0 Å². The fourth-order valence-electron chi connectivity index (χ4n) is 1.77. The number of hydrogen-bond donors (Lipinski definition) is 2. The fraction of sp³-hybridized carbons (Fsp3) is 0.133. The highest BCUT2D eigenvalue weighted by Crippen LogP contribution is 2.25. The topological polar surface area (TPSA) is 50.4 Å². The van der Waals surface area contributed by atoms with E-state index in [0.717, 1.165) is 5.56 Å². The largest absolute Gasteiger partial charge is 0.495 e. The Labute approximate surface area is 116 Å². The lowest BCUT2D eigenvalue weighted by Crippen LogP contribution is -2.19. The summed E-state index contributed by atoms with van der Waals surface area (Å²) in [6.07, 6.45) is 0. The first-order chi connectivity index (χ1) is 9.58. The molecule has 5 heteroatoms. The summed E-state index contributed by atoms with van der Waals surface area (Å²) in [4.78, 5) is 11.9. The summed E-state index contributed by atoms with van der Waals surface area (Å²) in [5.41, 5.74) is 1.93. The van der Waals surface area contributed by atoms with Gasteiger partial charge in [-0.25, -0.2) is 9.18 Å². The quantitative estimate of drug-likeness (QED) is 0.894. The molecule has 2 aromatic rings. The van der Waals surface area contributed by atoms with Crippen LogP contribution in [0, 0.1) is 12.7 Å². The molecule has 0 atom stereocenters. The maximum Gasteiger partial charge on any atom is 0.323 e. The molecule has 0 heterocycles. The van der Waals surface area contributed by atoms with Crippen LogP contribution in [0.1, 0.15) is 5.56 Å². The van der Waals surface area contributed by atoms with Gasteiger partial charge in [-0.1, -0.05) is 12.1 Å². The van der Waals surface area contributed by atoms with Crippen molar-refractivity contribution in [3.8, 4) is 5.75 Å². The monoisotopic (exact) mass is 274 g/mol. The number of aryl methyl sites for hydroxylation is 1. The lowest BCUT2D eigenvalue weighted by molar-refractivity contribution is 0.262. The molecule has 0 bridgehead atoms. The van der Waals surface area contributed by atoms with Gasteiger partial charge in [-0.3, -0.25) is 0 Å². The van der Waals surface area contributed by atoms with Gasteiger partial charge in [-0.2, -0.15) is 0 Å². The summed E-state index contributed by atoms with van der Waals surface area (Å²) in [7, 11) is 1.53. The summed E-state index contributed by atoms with van der Waals surface area (Å²) in [6, 6.07) is 10.7. The van der Waals surface area contributed by atoms with E-state index < -0.39 is 11.8 Å². The van der Waals surface area contributed by atoms with Crippen molar-refractivity contribution < 1.29 is 13.9 Å². The number of benzene rings is 2. The zero-order valence-electron chi connectivity index (χ0n) is 11.2. The van der Waals surface area contributed by atoms with Gasteiger partial charge in [0, 0.05) is 5.69 Å². The van der Waals surface area contributed by atoms with Crippen molar-refractivity contribution in [3.05, 3.63) is 53.8 Å². The second-order valence-corrected chi connectivity index (χ2v) is 4.29. The predicted molar refractivity (Wildman–Crippen MR) is 76.8 cm³/mol. The molecule has 0 spiro atoms. The van der Waals surface area contributed by atoms with Gasteiger partial charge in [-0.05, 0) is 42.8 Å². The van der Waals surface area contributed by atoms with Gasteiger partial charge in [0.1, 0.15) is 11.6 Å². The Bertz CT molecular complexity index is 629. The average molecular weight is 274 g/mol. The van der Waals surface area contributed by atoms with Crippen LogP contribution in [-0.4, -0.2) is 13.1 Å². The first-order valence-corrected chi connectivity index (χ1v) is 6.06. The molecular formula is C15H15FN2O2. The van der Waals surface area contributed by atoms with E-state index in [4.69, 9.17) is 4.74 Å². The third-order valence-corrected chi connectivity index (χ3v) is 2.69. The van der Waals surface area contributed by atoms with Crippen LogP contribution in [0.15, 0.2) is 42.5 Å². The Kier molecular flexibility index (Phi) is 4.20. The zero-order chi connectivity index (χ0) is 14.5. The molecule has 2 aromatic carbocycles. The van der Waals surface area contributed by atoms with E-state index in [1.165, 1.54) is 25.3 Å². The fourth-order valence-corrected chi connectivity index (χ4v) is 1.77. The minimum absolute atomic E-state index is 0.383. The molecule has 0 aliphatic heterocycles. The van der Waals surface area contributed by atoms with Crippen molar-refractivity contribution in [2.75, 3.05) is 17.7 Å². The second kappa shape index (κ2) is 6.06. The van der Waals surface area contributed by atoms with E-state index in [9.17, 15) is 9.18 Å². The van der Waals surface area contributed by atoms with Crippen molar-refractivity contribution in [2.45, 2.75) is 6.92 Å². The van der Waals surface area contributed by atoms with E-state index >= 15 is 0 Å². The molecule has 0 fully saturated rings. The van der Waals surface area contributed by atoms with Gasteiger partial charge in [0.2, 0.25) is 0 Å². The van der Waals surface area contributed by atoms with Crippen LogP contribution in [0.2, 0.25) is 0 Å². The number of rotatable bonds is 3. The number of carbonyl (C=O) groups excluding carboxylic acids is 1. The van der Waals surface area contributed by atoms with Crippen molar-refractivity contribution in [3.63, 3.8) is 0 Å². The minimum Gasteiger partial charge on any atom is -0.495 e. The van der Waals surface area contributed by atoms with Gasteiger partial charge in [-0.15, -0.1) is 0 Å². The van der Waals surface area contributed by atoms with Crippen LogP contribution in [0.25, 0.3) is 0 Å². The molecule has 2 amide bonds. The van der Waals surface area contributed by atoms with Crippen molar-refractivity contribution in [1.29, 1.82) is 0 Å². The molecule has 0 saturated carbocycles. The normalized spacial score (nSPS) is 9.95. The lowest BCUT2D eigenvalue weighted by atomic mass is 10.2. The van der Waals surface area contributed by atoms with Crippen molar-refractivity contribution in [1.82, 2.24) is 0 Å². The number of anilines is 2. The van der Waals surface area contributed by atoms with E-state index in [-0.39, 0.29) is 0 Å². The molecule has 104 valence electrons. The van der Waals surface area contributed by atoms with Crippen LogP contribution in [-0.2, 0) is 0 Å². The third-order valence-electron chi connectivity index (χ3n) is 2.69. The van der Waals surface area contributed by atoms with Crippen molar-refractivity contribution >= 4 is 17.4 Å². The molecular weight excluding hydrogens is 259 g/mol. The van der Waals surface area contributed by atoms with E-state index in [2.05, 4.69) is 10.6 Å². The van der Waals surface area contributed by atoms with E-state index in [0.29, 0.717) is 17.1 Å². The van der Waals surface area contributed by atoms with Crippen LogP contribution >= 0.6 is 0 Å². The van der Waals surface area contributed by atoms with Gasteiger partial charge < -0.3 is 15.4 Å². The summed E-state index contributed by atoms with van der Waals surface area (Å²) in [5.74, 6) is 0.154.